The van der Waals surface area contributed by atoms with E-state index in [4.69, 9.17) is 0 Å². The summed E-state index contributed by atoms with van der Waals surface area (Å²) in [4.78, 5) is 2.44. The number of nitrogens with one attached hydrogen (secondary N) is 1. The summed E-state index contributed by atoms with van der Waals surface area (Å²) in [7, 11) is 0. The van der Waals surface area contributed by atoms with Gasteiger partial charge >= 0.3 is 0 Å². The summed E-state index contributed by atoms with van der Waals surface area (Å²) in [6.07, 6.45) is 2.06. The molecule has 1 aliphatic heterocycles. The molecule has 0 bridgehead atoms. The van der Waals surface area contributed by atoms with Crippen LogP contribution in [0.2, 0.25) is 0 Å². The molecular formula is C15H23BrN2O. The molecule has 0 radical (unpaired) electrons. The topological polar surface area (TPSA) is 35.5 Å². The van der Waals surface area contributed by atoms with Gasteiger partial charge in [0.25, 0.3) is 0 Å². The quantitative estimate of drug-likeness (QED) is 0.891. The Kier molecular flexibility index (Phi) is 5.39. The predicted octanol–water partition coefficient (Wildman–Crippen LogP) is 2.34. The minimum absolute atomic E-state index is 0.172. The third-order valence-corrected chi connectivity index (χ3v) is 4.70. The van der Waals surface area contributed by atoms with Gasteiger partial charge in [-0.15, -0.1) is 0 Å². The van der Waals surface area contributed by atoms with Crippen molar-refractivity contribution in [3.05, 3.63) is 34.3 Å². The lowest BCUT2D eigenvalue weighted by atomic mass is 9.86. The fourth-order valence-corrected chi connectivity index (χ4v) is 3.21. The third-order valence-electron chi connectivity index (χ3n) is 4.17. The van der Waals surface area contributed by atoms with E-state index in [0.29, 0.717) is 0 Å². The molecule has 106 valence electrons. The zero-order valence-corrected chi connectivity index (χ0v) is 13.1. The fraction of sp³-hybridized carbons (Fsp3) is 0.600. The van der Waals surface area contributed by atoms with Gasteiger partial charge < -0.3 is 10.4 Å². The first-order valence-electron chi connectivity index (χ1n) is 7.05. The summed E-state index contributed by atoms with van der Waals surface area (Å²) >= 11 is 3.48. The van der Waals surface area contributed by atoms with Crippen LogP contribution in [0.15, 0.2) is 28.7 Å². The Balaban J connectivity index is 2.32. The summed E-state index contributed by atoms with van der Waals surface area (Å²) in [6.45, 7) is 6.43. The third kappa shape index (κ3) is 3.19. The number of halogens is 1. The minimum Gasteiger partial charge on any atom is -0.394 e. The van der Waals surface area contributed by atoms with Crippen molar-refractivity contribution in [3.63, 3.8) is 0 Å². The second-order valence-corrected chi connectivity index (χ2v) is 6.06. The van der Waals surface area contributed by atoms with Crippen LogP contribution in [0.25, 0.3) is 0 Å². The normalized spacial score (nSPS) is 20.8. The maximum atomic E-state index is 10.1. The highest BCUT2D eigenvalue weighted by molar-refractivity contribution is 9.10. The molecule has 1 unspecified atom stereocenters. The Morgan fingerprint density at radius 3 is 2.63 bits per heavy atom. The average molecular weight is 327 g/mol. The second kappa shape index (κ2) is 6.84. The SMILES string of the molecule is CCC(CO)(c1ccc(Br)cc1)N1CCCNCC1. The molecule has 0 aliphatic carbocycles. The van der Waals surface area contributed by atoms with Crippen LogP contribution >= 0.6 is 15.9 Å². The van der Waals surface area contributed by atoms with Gasteiger partial charge in [0.1, 0.15) is 0 Å². The Morgan fingerprint density at radius 1 is 1.26 bits per heavy atom. The standard InChI is InChI=1S/C15H23BrN2O/c1-2-15(12-19,13-4-6-14(16)7-5-13)18-10-3-8-17-9-11-18/h4-7,17,19H,2-3,8-12H2,1H3. The van der Waals surface area contributed by atoms with Crippen molar-refractivity contribution in [2.75, 3.05) is 32.8 Å². The van der Waals surface area contributed by atoms with E-state index in [1.54, 1.807) is 0 Å². The maximum absolute atomic E-state index is 10.1. The van der Waals surface area contributed by atoms with Crippen molar-refractivity contribution in [2.24, 2.45) is 0 Å². The number of hydrogen-bond acceptors (Lipinski definition) is 3. The van der Waals surface area contributed by atoms with Gasteiger partial charge in [-0.25, -0.2) is 0 Å². The molecule has 0 amide bonds. The van der Waals surface area contributed by atoms with Crippen LogP contribution in [0.4, 0.5) is 0 Å². The number of aliphatic hydroxyl groups is 1. The van der Waals surface area contributed by atoms with E-state index in [-0.39, 0.29) is 12.1 Å². The van der Waals surface area contributed by atoms with Crippen LogP contribution in [0.3, 0.4) is 0 Å². The molecule has 4 heteroatoms. The van der Waals surface area contributed by atoms with E-state index in [1.807, 2.05) is 0 Å². The van der Waals surface area contributed by atoms with Gasteiger partial charge in [-0.05, 0) is 37.1 Å². The Labute approximate surface area is 124 Å². The van der Waals surface area contributed by atoms with Gasteiger partial charge in [-0.3, -0.25) is 4.90 Å². The molecule has 0 saturated carbocycles. The van der Waals surface area contributed by atoms with Crippen LogP contribution < -0.4 is 5.32 Å². The van der Waals surface area contributed by atoms with Crippen LogP contribution in [-0.4, -0.2) is 42.8 Å². The Morgan fingerprint density at radius 2 is 2.00 bits per heavy atom. The largest absolute Gasteiger partial charge is 0.394 e. The van der Waals surface area contributed by atoms with Crippen LogP contribution in [0, 0.1) is 0 Å². The molecule has 1 aromatic carbocycles. The summed E-state index contributed by atoms with van der Waals surface area (Å²) < 4.78 is 1.08. The summed E-state index contributed by atoms with van der Waals surface area (Å²) in [6, 6.07) is 8.38. The van der Waals surface area contributed by atoms with E-state index in [2.05, 4.69) is 57.3 Å². The Hall–Kier alpha value is -0.420. The zero-order chi connectivity index (χ0) is 13.7. The highest BCUT2D eigenvalue weighted by atomic mass is 79.9. The number of benzene rings is 1. The smallest absolute Gasteiger partial charge is 0.0691 e. The van der Waals surface area contributed by atoms with Crippen molar-refractivity contribution in [2.45, 2.75) is 25.3 Å². The monoisotopic (exact) mass is 326 g/mol. The molecule has 2 rings (SSSR count). The highest BCUT2D eigenvalue weighted by Gasteiger charge is 2.36. The van der Waals surface area contributed by atoms with Crippen LogP contribution in [0.5, 0.6) is 0 Å². The van der Waals surface area contributed by atoms with Gasteiger partial charge in [0.05, 0.1) is 12.1 Å². The maximum Gasteiger partial charge on any atom is 0.0691 e. The highest BCUT2D eigenvalue weighted by Crippen LogP contribution is 2.33. The average Bonchev–Trinajstić information content (AvgIpc) is 2.72. The lowest BCUT2D eigenvalue weighted by Crippen LogP contribution is -2.50. The van der Waals surface area contributed by atoms with E-state index in [9.17, 15) is 5.11 Å². The van der Waals surface area contributed by atoms with Gasteiger partial charge in [0.2, 0.25) is 0 Å². The lowest BCUT2D eigenvalue weighted by molar-refractivity contribution is 0.0267. The van der Waals surface area contributed by atoms with Crippen LogP contribution in [-0.2, 0) is 5.54 Å². The summed E-state index contributed by atoms with van der Waals surface area (Å²) in [5.74, 6) is 0. The van der Waals surface area contributed by atoms with Gasteiger partial charge in [-0.1, -0.05) is 35.0 Å². The molecule has 0 spiro atoms. The summed E-state index contributed by atoms with van der Waals surface area (Å²) in [5.41, 5.74) is 0.967. The molecule has 19 heavy (non-hydrogen) atoms. The van der Waals surface area contributed by atoms with E-state index in [0.717, 1.165) is 43.5 Å². The molecule has 1 aromatic rings. The molecule has 2 N–H and O–H groups in total. The van der Waals surface area contributed by atoms with Gasteiger partial charge in [0, 0.05) is 24.1 Å². The molecule has 1 aliphatic rings. The first-order chi connectivity index (χ1) is 9.23. The second-order valence-electron chi connectivity index (χ2n) is 5.14. The van der Waals surface area contributed by atoms with E-state index >= 15 is 0 Å². The number of rotatable bonds is 4. The zero-order valence-electron chi connectivity index (χ0n) is 11.5. The van der Waals surface area contributed by atoms with E-state index < -0.39 is 0 Å². The Bertz CT molecular complexity index is 382. The number of hydrogen-bond donors (Lipinski definition) is 2. The summed E-state index contributed by atoms with van der Waals surface area (Å²) in [5, 5.41) is 13.5. The number of aliphatic hydroxyl groups excluding tert-OH is 1. The lowest BCUT2D eigenvalue weighted by Gasteiger charge is -2.42. The molecule has 0 aromatic heterocycles. The first kappa shape index (κ1) is 15.0. The first-order valence-corrected chi connectivity index (χ1v) is 7.85. The van der Waals surface area contributed by atoms with Crippen molar-refractivity contribution in [1.29, 1.82) is 0 Å². The minimum atomic E-state index is -0.243. The number of nitrogens with zero attached hydrogens (tertiary/aromatic N) is 1. The molecule has 1 saturated heterocycles. The van der Waals surface area contributed by atoms with Crippen molar-refractivity contribution in [3.8, 4) is 0 Å². The van der Waals surface area contributed by atoms with Crippen molar-refractivity contribution >= 4 is 15.9 Å². The van der Waals surface area contributed by atoms with Crippen molar-refractivity contribution < 1.29 is 5.11 Å². The molecule has 1 atom stereocenters. The van der Waals surface area contributed by atoms with Gasteiger partial charge in [0.15, 0.2) is 0 Å². The molecule has 1 fully saturated rings. The van der Waals surface area contributed by atoms with Crippen LogP contribution in [0.1, 0.15) is 25.3 Å². The van der Waals surface area contributed by atoms with E-state index in [1.165, 1.54) is 5.56 Å². The van der Waals surface area contributed by atoms with Gasteiger partial charge in [-0.2, -0.15) is 0 Å². The van der Waals surface area contributed by atoms with Crippen molar-refractivity contribution in [1.82, 2.24) is 10.2 Å². The molecule has 1 heterocycles. The fourth-order valence-electron chi connectivity index (χ4n) is 2.95. The molecular weight excluding hydrogens is 304 g/mol. The predicted molar refractivity (Wildman–Crippen MR) is 82.3 cm³/mol. The molecule has 3 nitrogen and oxygen atoms in total.